The highest BCUT2D eigenvalue weighted by Gasteiger charge is 2.35. The molecule has 1 unspecified atom stereocenters. The van der Waals surface area contributed by atoms with Crippen molar-refractivity contribution in [1.29, 1.82) is 0 Å². The predicted molar refractivity (Wildman–Crippen MR) is 129 cm³/mol. The van der Waals surface area contributed by atoms with Gasteiger partial charge in [0.1, 0.15) is 11.3 Å². The Morgan fingerprint density at radius 2 is 1.47 bits per heavy atom. The fourth-order valence-electron chi connectivity index (χ4n) is 3.11. The van der Waals surface area contributed by atoms with Crippen LogP contribution in [0.5, 0.6) is 0 Å². The normalized spacial score (nSPS) is 12.8. The summed E-state index contributed by atoms with van der Waals surface area (Å²) in [5, 5.41) is 20.2. The van der Waals surface area contributed by atoms with Gasteiger partial charge in [-0.15, -0.1) is 0 Å². The number of nitrogens with two attached hydrogens (primary N) is 2. The lowest BCUT2D eigenvalue weighted by Crippen LogP contribution is -2.43. The van der Waals surface area contributed by atoms with E-state index in [4.69, 9.17) is 16.7 Å². The molecule has 0 aliphatic carbocycles. The van der Waals surface area contributed by atoms with Gasteiger partial charge in [0, 0.05) is 28.9 Å². The second-order valence-electron chi connectivity index (χ2n) is 7.63. The Balaban J connectivity index is 1.86. The molecule has 3 aromatic carbocycles. The molecule has 8 nitrogen and oxygen atoms in total. The number of nitrogen functional groups attached to an aromatic ring is 1. The molecule has 0 aliphatic rings. The largest absolute Gasteiger partial charge is 0.399 e. The monoisotopic (exact) mass is 456 g/mol. The van der Waals surface area contributed by atoms with Crippen molar-refractivity contribution in [1.82, 2.24) is 5.48 Å². The number of aliphatic imine (C=N–C) groups is 1. The van der Waals surface area contributed by atoms with Crippen molar-refractivity contribution in [2.24, 2.45) is 10.7 Å². The summed E-state index contributed by atoms with van der Waals surface area (Å²) in [6.45, 7) is 1.61. The van der Waals surface area contributed by atoms with E-state index in [0.29, 0.717) is 23.4 Å². The highest BCUT2D eigenvalue weighted by Crippen LogP contribution is 2.24. The van der Waals surface area contributed by atoms with Crippen molar-refractivity contribution in [3.05, 3.63) is 101 Å². The van der Waals surface area contributed by atoms with E-state index >= 15 is 0 Å². The highest BCUT2D eigenvalue weighted by atomic mass is 16.5. The summed E-state index contributed by atoms with van der Waals surface area (Å²) in [5.74, 6) is 4.11. The number of hydrogen-bond donors (Lipinski definition) is 5. The van der Waals surface area contributed by atoms with Crippen molar-refractivity contribution in [3.8, 4) is 11.8 Å². The first-order chi connectivity index (χ1) is 16.2. The summed E-state index contributed by atoms with van der Waals surface area (Å²) in [6, 6.07) is 19.9. The van der Waals surface area contributed by atoms with Crippen LogP contribution in [-0.4, -0.2) is 27.8 Å². The van der Waals surface area contributed by atoms with Gasteiger partial charge >= 0.3 is 0 Å². The highest BCUT2D eigenvalue weighted by molar-refractivity contribution is 6.43. The molecule has 7 N–H and O–H groups in total. The van der Waals surface area contributed by atoms with Gasteiger partial charge in [-0.1, -0.05) is 36.1 Å². The minimum Gasteiger partial charge on any atom is -0.399 e. The molecule has 1 atom stereocenters. The number of nitrogens with one attached hydrogen (secondary N) is 1. The molecule has 2 amide bonds. The first kappa shape index (κ1) is 24.4. The van der Waals surface area contributed by atoms with Crippen LogP contribution >= 0.6 is 0 Å². The van der Waals surface area contributed by atoms with Gasteiger partial charge in [-0.3, -0.25) is 14.8 Å². The zero-order valence-corrected chi connectivity index (χ0v) is 18.4. The van der Waals surface area contributed by atoms with Crippen molar-refractivity contribution in [2.75, 3.05) is 5.73 Å². The van der Waals surface area contributed by atoms with Gasteiger partial charge < -0.3 is 16.6 Å². The van der Waals surface area contributed by atoms with Crippen LogP contribution < -0.4 is 16.9 Å². The van der Waals surface area contributed by atoms with E-state index < -0.39 is 23.1 Å². The molecule has 0 saturated heterocycles. The van der Waals surface area contributed by atoms with Crippen LogP contribution in [0.1, 0.15) is 39.5 Å². The lowest BCUT2D eigenvalue weighted by Gasteiger charge is -2.24. The number of hydroxylamine groups is 1. The topological polar surface area (TPSA) is 151 Å². The number of aliphatic hydroxyl groups is 1. The summed E-state index contributed by atoms with van der Waals surface area (Å²) >= 11 is 0. The minimum atomic E-state index is -1.96. The van der Waals surface area contributed by atoms with Gasteiger partial charge in [-0.05, 0) is 66.6 Å². The van der Waals surface area contributed by atoms with Gasteiger partial charge in [0.25, 0.3) is 11.8 Å². The van der Waals surface area contributed by atoms with E-state index in [1.165, 1.54) is 24.5 Å². The van der Waals surface area contributed by atoms with Crippen LogP contribution in [0.3, 0.4) is 0 Å². The molecule has 0 heterocycles. The molecule has 0 fully saturated rings. The molecule has 0 aliphatic heterocycles. The average Bonchev–Trinajstić information content (AvgIpc) is 2.86. The third kappa shape index (κ3) is 5.74. The summed E-state index contributed by atoms with van der Waals surface area (Å²) in [7, 11) is 0. The second-order valence-corrected chi connectivity index (χ2v) is 7.63. The maximum atomic E-state index is 12.8. The molecular formula is C26H24N4O4. The van der Waals surface area contributed by atoms with Crippen LogP contribution in [0.4, 0.5) is 5.69 Å². The molecule has 3 aromatic rings. The minimum absolute atomic E-state index is 0.176. The van der Waals surface area contributed by atoms with Crippen molar-refractivity contribution < 1.29 is 19.9 Å². The van der Waals surface area contributed by atoms with Crippen LogP contribution in [0, 0.1) is 11.8 Å². The number of benzene rings is 3. The summed E-state index contributed by atoms with van der Waals surface area (Å²) in [5.41, 5.74) is 13.6. The fraction of sp³-hybridized carbons (Fsp3) is 0.115. The molecule has 0 aromatic heterocycles. The van der Waals surface area contributed by atoms with Gasteiger partial charge in [-0.2, -0.15) is 0 Å². The van der Waals surface area contributed by atoms with Gasteiger partial charge in [0.05, 0.1) is 0 Å². The number of nitrogens with zero attached hydrogens (tertiary/aromatic N) is 1. The van der Waals surface area contributed by atoms with Gasteiger partial charge in [0.15, 0.2) is 0 Å². The van der Waals surface area contributed by atoms with E-state index in [-0.39, 0.29) is 5.56 Å². The van der Waals surface area contributed by atoms with Crippen LogP contribution in [0.2, 0.25) is 0 Å². The smallest absolute Gasteiger partial charge is 0.292 e. The first-order valence-electron chi connectivity index (χ1n) is 10.3. The number of anilines is 1. The van der Waals surface area contributed by atoms with Crippen LogP contribution in [0.15, 0.2) is 77.8 Å². The van der Waals surface area contributed by atoms with E-state index in [0.717, 1.165) is 11.1 Å². The maximum absolute atomic E-state index is 12.8. The standard InChI is InChI=1S/C26H24N4O4/c1-26(33,21-12-6-19(16-27)7-13-21)23(25(32)30-34)29-24(31)20-10-4-17(5-11-20)2-3-18-8-14-22(28)15-9-18/h4-15,33-34H,16,27-28H2,1H3,(H,30,32)/b29-23-. The van der Waals surface area contributed by atoms with Gasteiger partial charge in [0.2, 0.25) is 0 Å². The third-order valence-corrected chi connectivity index (χ3v) is 5.14. The zero-order valence-electron chi connectivity index (χ0n) is 18.4. The van der Waals surface area contributed by atoms with Crippen molar-refractivity contribution in [3.63, 3.8) is 0 Å². The molecule has 0 spiro atoms. The van der Waals surface area contributed by atoms with Crippen molar-refractivity contribution >= 4 is 23.2 Å². The number of carbonyl (C=O) groups excluding carboxylic acids is 2. The van der Waals surface area contributed by atoms with Crippen molar-refractivity contribution in [2.45, 2.75) is 19.1 Å². The molecule has 34 heavy (non-hydrogen) atoms. The van der Waals surface area contributed by atoms with Crippen LogP contribution in [0.25, 0.3) is 0 Å². The molecule has 3 rings (SSSR count). The lowest BCUT2D eigenvalue weighted by molar-refractivity contribution is -0.123. The first-order valence-corrected chi connectivity index (χ1v) is 10.3. The van der Waals surface area contributed by atoms with E-state index in [9.17, 15) is 14.7 Å². The second kappa shape index (κ2) is 10.6. The number of carbonyl (C=O) groups is 2. The van der Waals surface area contributed by atoms with E-state index in [1.54, 1.807) is 60.7 Å². The lowest BCUT2D eigenvalue weighted by atomic mass is 9.89. The quantitative estimate of drug-likeness (QED) is 0.130. The number of hydrogen-bond acceptors (Lipinski definition) is 6. The van der Waals surface area contributed by atoms with Crippen LogP contribution in [-0.2, 0) is 16.9 Å². The average molecular weight is 457 g/mol. The Labute approximate surface area is 196 Å². The Morgan fingerprint density at radius 3 is 1.97 bits per heavy atom. The molecule has 8 heteroatoms. The Kier molecular flexibility index (Phi) is 7.56. The predicted octanol–water partition coefficient (Wildman–Crippen LogP) is 2.12. The summed E-state index contributed by atoms with van der Waals surface area (Å²) in [4.78, 5) is 28.8. The molecular weight excluding hydrogens is 432 g/mol. The van der Waals surface area contributed by atoms with E-state index in [2.05, 4.69) is 16.8 Å². The SMILES string of the molecule is CC(O)(/C(=N\C(=O)c1ccc(C#Cc2ccc(N)cc2)cc1)C(=O)NO)c1ccc(CN)cc1. The Hall–Kier alpha value is -4.29. The summed E-state index contributed by atoms with van der Waals surface area (Å²) in [6.07, 6.45) is 0. The molecule has 0 radical (unpaired) electrons. The van der Waals surface area contributed by atoms with E-state index in [1.807, 2.05) is 0 Å². The number of amides is 2. The molecule has 0 bridgehead atoms. The zero-order chi connectivity index (χ0) is 24.7. The van der Waals surface area contributed by atoms with Gasteiger partial charge in [-0.25, -0.2) is 10.5 Å². The maximum Gasteiger partial charge on any atom is 0.292 e. The molecule has 0 saturated carbocycles. The molecule has 172 valence electrons. The Bertz CT molecular complexity index is 1270. The fourth-order valence-corrected chi connectivity index (χ4v) is 3.11. The number of rotatable bonds is 5. The Morgan fingerprint density at radius 1 is 0.941 bits per heavy atom. The third-order valence-electron chi connectivity index (χ3n) is 5.14. The summed E-state index contributed by atoms with van der Waals surface area (Å²) < 4.78 is 0.